The maximum absolute atomic E-state index is 13.6. The fraction of sp³-hybridized carbons (Fsp3) is 0. The Kier molecular flexibility index (Phi) is 5.44. The summed E-state index contributed by atoms with van der Waals surface area (Å²) in [5, 5.41) is 0.834. The largest absolute Gasteiger partial charge is 0.457 e. The number of para-hydroxylation sites is 3. The van der Waals surface area contributed by atoms with E-state index in [-0.39, 0.29) is 5.91 Å². The quantitative estimate of drug-likeness (QED) is 0.290. The number of anilines is 2. The van der Waals surface area contributed by atoms with Gasteiger partial charge in [-0.15, -0.1) is 0 Å². The van der Waals surface area contributed by atoms with Gasteiger partial charge in [-0.25, -0.2) is 0 Å². The molecule has 5 heteroatoms. The third-order valence-corrected chi connectivity index (χ3v) is 5.79. The lowest BCUT2D eigenvalue weighted by Crippen LogP contribution is -2.21. The molecule has 0 radical (unpaired) electrons. The number of hydrogen-bond donors (Lipinski definition) is 0. The summed E-state index contributed by atoms with van der Waals surface area (Å²) in [5.74, 6) is 1.25. The lowest BCUT2D eigenvalue weighted by Gasteiger charge is -2.20. The molecule has 0 fully saturated rings. The first-order valence-electron chi connectivity index (χ1n) is 10.0. The normalized spacial score (nSPS) is 14.0. The Balaban J connectivity index is 1.56. The maximum atomic E-state index is 13.6. The van der Waals surface area contributed by atoms with Crippen molar-refractivity contribution in [3.05, 3.63) is 118 Å². The molecule has 1 aliphatic rings. The summed E-state index contributed by atoms with van der Waals surface area (Å²) >= 11 is 12.9. The van der Waals surface area contributed by atoms with E-state index in [1.165, 1.54) is 0 Å². The van der Waals surface area contributed by atoms with Crippen molar-refractivity contribution >= 4 is 52.1 Å². The molecule has 3 nitrogen and oxygen atoms in total. The van der Waals surface area contributed by atoms with Gasteiger partial charge in [0, 0.05) is 5.56 Å². The topological polar surface area (TPSA) is 29.5 Å². The van der Waals surface area contributed by atoms with Crippen molar-refractivity contribution < 1.29 is 9.53 Å². The molecule has 0 unspecified atom stereocenters. The van der Waals surface area contributed by atoms with E-state index >= 15 is 0 Å². The molecule has 4 aromatic carbocycles. The van der Waals surface area contributed by atoms with Crippen LogP contribution in [0.25, 0.3) is 11.6 Å². The number of ether oxygens (including phenoxy) is 1. The van der Waals surface area contributed by atoms with Crippen LogP contribution in [0.3, 0.4) is 0 Å². The molecule has 0 saturated heterocycles. The van der Waals surface area contributed by atoms with Gasteiger partial charge in [-0.1, -0.05) is 77.8 Å². The van der Waals surface area contributed by atoms with Crippen LogP contribution < -0.4 is 9.64 Å². The lowest BCUT2D eigenvalue weighted by atomic mass is 10.0. The summed E-state index contributed by atoms with van der Waals surface area (Å²) in [6.07, 6.45) is 1.86. The van der Waals surface area contributed by atoms with Crippen molar-refractivity contribution in [2.45, 2.75) is 0 Å². The summed E-state index contributed by atoms with van der Waals surface area (Å²) < 4.78 is 5.94. The van der Waals surface area contributed by atoms with Crippen molar-refractivity contribution in [3.63, 3.8) is 0 Å². The first-order chi connectivity index (χ1) is 15.6. The van der Waals surface area contributed by atoms with Crippen LogP contribution in [-0.4, -0.2) is 5.91 Å². The second kappa shape index (κ2) is 8.54. The van der Waals surface area contributed by atoms with Crippen LogP contribution in [0.2, 0.25) is 10.0 Å². The molecule has 5 rings (SSSR count). The molecule has 0 bridgehead atoms. The minimum atomic E-state index is -0.185. The second-order valence-electron chi connectivity index (χ2n) is 7.27. The van der Waals surface area contributed by atoms with E-state index in [2.05, 4.69) is 0 Å². The van der Waals surface area contributed by atoms with Crippen LogP contribution >= 0.6 is 23.2 Å². The van der Waals surface area contributed by atoms with E-state index in [0.29, 0.717) is 27.1 Å². The van der Waals surface area contributed by atoms with Crippen molar-refractivity contribution in [2.75, 3.05) is 4.90 Å². The van der Waals surface area contributed by atoms with E-state index < -0.39 is 0 Å². The molecular formula is C27H17Cl2NO2. The molecule has 0 N–H and O–H groups in total. The van der Waals surface area contributed by atoms with Gasteiger partial charge in [0.15, 0.2) is 0 Å². The number of amides is 1. The number of rotatable bonds is 4. The number of halogens is 2. The van der Waals surface area contributed by atoms with Gasteiger partial charge in [0.2, 0.25) is 0 Å². The van der Waals surface area contributed by atoms with Crippen LogP contribution in [0.15, 0.2) is 97.1 Å². The lowest BCUT2D eigenvalue weighted by molar-refractivity contribution is -0.112. The molecule has 1 heterocycles. The molecule has 156 valence electrons. The second-order valence-corrected chi connectivity index (χ2v) is 8.09. The summed E-state index contributed by atoms with van der Waals surface area (Å²) in [6, 6.07) is 30.0. The molecular weight excluding hydrogens is 441 g/mol. The predicted octanol–water partition coefficient (Wildman–Crippen LogP) is 8.00. The van der Waals surface area contributed by atoms with Crippen LogP contribution in [-0.2, 0) is 4.79 Å². The molecule has 1 amide bonds. The Morgan fingerprint density at radius 3 is 2.16 bits per heavy atom. The Morgan fingerprint density at radius 1 is 0.719 bits per heavy atom. The number of carbonyl (C=O) groups excluding carboxylic acids is 1. The molecule has 4 aromatic rings. The molecule has 1 aliphatic heterocycles. The smallest absolute Gasteiger partial charge is 0.263 e. The first-order valence-corrected chi connectivity index (χ1v) is 10.8. The van der Waals surface area contributed by atoms with Crippen LogP contribution in [0.5, 0.6) is 11.5 Å². The van der Waals surface area contributed by atoms with Gasteiger partial charge >= 0.3 is 0 Å². The zero-order chi connectivity index (χ0) is 22.1. The minimum Gasteiger partial charge on any atom is -0.457 e. The molecule has 0 atom stereocenters. The monoisotopic (exact) mass is 457 g/mol. The van der Waals surface area contributed by atoms with Gasteiger partial charge in [0.25, 0.3) is 5.91 Å². The van der Waals surface area contributed by atoms with E-state index in [1.807, 2.05) is 84.9 Å². The number of benzene rings is 4. The summed E-state index contributed by atoms with van der Waals surface area (Å²) in [4.78, 5) is 15.1. The van der Waals surface area contributed by atoms with Gasteiger partial charge in [0.1, 0.15) is 11.5 Å². The van der Waals surface area contributed by atoms with Gasteiger partial charge in [-0.3, -0.25) is 9.69 Å². The molecule has 0 aliphatic carbocycles. The summed E-state index contributed by atoms with van der Waals surface area (Å²) in [5.41, 5.74) is 3.47. The highest BCUT2D eigenvalue weighted by atomic mass is 35.5. The Bertz CT molecular complexity index is 1330. The number of fused-ring (bicyclic) bond motifs is 1. The average Bonchev–Trinajstić information content (AvgIpc) is 3.06. The Hall–Kier alpha value is -3.53. The summed E-state index contributed by atoms with van der Waals surface area (Å²) in [7, 11) is 0. The fourth-order valence-electron chi connectivity index (χ4n) is 3.76. The van der Waals surface area contributed by atoms with E-state index in [9.17, 15) is 4.79 Å². The van der Waals surface area contributed by atoms with E-state index in [4.69, 9.17) is 27.9 Å². The third-order valence-electron chi connectivity index (χ3n) is 5.18. The van der Waals surface area contributed by atoms with Gasteiger partial charge in [0.05, 0.1) is 27.0 Å². The highest BCUT2D eigenvalue weighted by Gasteiger charge is 2.35. The molecule has 0 saturated carbocycles. The van der Waals surface area contributed by atoms with Crippen molar-refractivity contribution in [3.8, 4) is 11.5 Å². The van der Waals surface area contributed by atoms with Crippen molar-refractivity contribution in [1.82, 2.24) is 0 Å². The molecule has 0 aromatic heterocycles. The highest BCUT2D eigenvalue weighted by Crippen LogP contribution is 2.46. The van der Waals surface area contributed by atoms with Crippen LogP contribution in [0, 0.1) is 0 Å². The SMILES string of the molecule is O=C1/C(=C\c2cccc(Oc3ccccc3)c2)c2ccccc2N1c1c(Cl)cccc1Cl. The average molecular weight is 458 g/mol. The third kappa shape index (κ3) is 3.77. The van der Waals surface area contributed by atoms with E-state index in [0.717, 1.165) is 22.6 Å². The Labute approximate surface area is 196 Å². The minimum absolute atomic E-state index is 0.185. The predicted molar refractivity (Wildman–Crippen MR) is 131 cm³/mol. The standard InChI is InChI=1S/C27H17Cl2NO2/c28-23-13-7-14-24(29)26(23)30-25-15-5-4-12-21(25)22(27(30)31)17-18-8-6-11-20(16-18)32-19-9-2-1-3-10-19/h1-17H/b22-17-. The highest BCUT2D eigenvalue weighted by molar-refractivity contribution is 6.44. The van der Waals surface area contributed by atoms with Gasteiger partial charge < -0.3 is 4.74 Å². The molecule has 32 heavy (non-hydrogen) atoms. The molecule has 0 spiro atoms. The van der Waals surface area contributed by atoms with Gasteiger partial charge in [-0.05, 0) is 54.1 Å². The Morgan fingerprint density at radius 2 is 1.38 bits per heavy atom. The number of nitrogens with zero attached hydrogens (tertiary/aromatic N) is 1. The summed E-state index contributed by atoms with van der Waals surface area (Å²) in [6.45, 7) is 0. The van der Waals surface area contributed by atoms with Crippen LogP contribution in [0.1, 0.15) is 11.1 Å². The van der Waals surface area contributed by atoms with Crippen LogP contribution in [0.4, 0.5) is 11.4 Å². The van der Waals surface area contributed by atoms with Crippen molar-refractivity contribution in [1.29, 1.82) is 0 Å². The zero-order valence-corrected chi connectivity index (χ0v) is 18.3. The number of hydrogen-bond acceptors (Lipinski definition) is 2. The fourth-order valence-corrected chi connectivity index (χ4v) is 4.33. The van der Waals surface area contributed by atoms with Crippen molar-refractivity contribution in [2.24, 2.45) is 0 Å². The zero-order valence-electron chi connectivity index (χ0n) is 16.8. The number of carbonyl (C=O) groups is 1. The maximum Gasteiger partial charge on any atom is 0.263 e. The first kappa shape index (κ1) is 20.4. The van der Waals surface area contributed by atoms with E-state index in [1.54, 1.807) is 23.1 Å². The van der Waals surface area contributed by atoms with Gasteiger partial charge in [-0.2, -0.15) is 0 Å².